The summed E-state index contributed by atoms with van der Waals surface area (Å²) in [5.74, 6) is 0.641. The third kappa shape index (κ3) is 2.63. The number of nitrogens with two attached hydrogens (primary N) is 1. The lowest BCUT2D eigenvalue weighted by Gasteiger charge is -2.28. The van der Waals surface area contributed by atoms with Crippen LogP contribution in [0.4, 0.5) is 0 Å². The van der Waals surface area contributed by atoms with Gasteiger partial charge in [0.05, 0.1) is 0 Å². The zero-order valence-corrected chi connectivity index (χ0v) is 10.3. The fraction of sp³-hybridized carbons (Fsp3) is 0.571. The molecule has 1 aliphatic rings. The first-order chi connectivity index (χ1) is 7.66. The van der Waals surface area contributed by atoms with Crippen molar-refractivity contribution in [3.05, 3.63) is 34.9 Å². The maximum Gasteiger partial charge on any atom is 0.0324 e. The van der Waals surface area contributed by atoms with E-state index in [0.29, 0.717) is 5.92 Å². The normalized spacial score (nSPS) is 19.7. The molecule has 1 aliphatic heterocycles. The van der Waals surface area contributed by atoms with Crippen molar-refractivity contribution in [2.45, 2.75) is 32.7 Å². The average molecular weight is 218 g/mol. The van der Waals surface area contributed by atoms with Crippen LogP contribution in [0.25, 0.3) is 0 Å². The van der Waals surface area contributed by atoms with E-state index in [1.807, 2.05) is 0 Å². The number of nitrogens with one attached hydrogen (secondary N) is 1. The Bertz CT molecular complexity index is 334. The van der Waals surface area contributed by atoms with Gasteiger partial charge in [0.2, 0.25) is 0 Å². The van der Waals surface area contributed by atoms with Crippen LogP contribution in [0.3, 0.4) is 0 Å². The van der Waals surface area contributed by atoms with Gasteiger partial charge in [-0.2, -0.15) is 0 Å². The Morgan fingerprint density at radius 3 is 2.25 bits per heavy atom. The van der Waals surface area contributed by atoms with E-state index in [1.54, 1.807) is 0 Å². The fourth-order valence-electron chi connectivity index (χ4n) is 2.68. The molecule has 0 saturated carbocycles. The predicted octanol–water partition coefficient (Wildman–Crippen LogP) is 2.30. The molecule has 0 aliphatic carbocycles. The van der Waals surface area contributed by atoms with E-state index >= 15 is 0 Å². The smallest absolute Gasteiger partial charge is 0.0324 e. The maximum absolute atomic E-state index is 6.38. The topological polar surface area (TPSA) is 38.0 Å². The standard InChI is InChI=1S/C14H22N2/c1-10-7-11(2)9-13(8-10)14(15)12-3-5-16-6-4-12/h7-9,12,14,16H,3-6,15H2,1-2H3/t14-/m1/s1. The first kappa shape index (κ1) is 11.6. The van der Waals surface area contributed by atoms with Crippen molar-refractivity contribution in [2.75, 3.05) is 13.1 Å². The number of hydrogen-bond donors (Lipinski definition) is 2. The zero-order valence-electron chi connectivity index (χ0n) is 10.3. The largest absolute Gasteiger partial charge is 0.324 e. The SMILES string of the molecule is Cc1cc(C)cc([C@H](N)C2CCNCC2)c1. The Morgan fingerprint density at radius 2 is 1.69 bits per heavy atom. The van der Waals surface area contributed by atoms with Crippen molar-refractivity contribution >= 4 is 0 Å². The number of rotatable bonds is 2. The molecule has 2 heteroatoms. The molecule has 0 amide bonds. The molecule has 1 aromatic carbocycles. The Hall–Kier alpha value is -0.860. The van der Waals surface area contributed by atoms with Gasteiger partial charge >= 0.3 is 0 Å². The van der Waals surface area contributed by atoms with Gasteiger partial charge in [0.25, 0.3) is 0 Å². The highest BCUT2D eigenvalue weighted by atomic mass is 14.9. The molecule has 1 atom stereocenters. The van der Waals surface area contributed by atoms with Crippen molar-refractivity contribution in [3.8, 4) is 0 Å². The summed E-state index contributed by atoms with van der Waals surface area (Å²) >= 11 is 0. The Kier molecular flexibility index (Phi) is 3.62. The highest BCUT2D eigenvalue weighted by Crippen LogP contribution is 2.27. The molecule has 88 valence electrons. The number of benzene rings is 1. The number of piperidine rings is 1. The van der Waals surface area contributed by atoms with Gasteiger partial charge in [-0.3, -0.25) is 0 Å². The summed E-state index contributed by atoms with van der Waals surface area (Å²) in [6, 6.07) is 6.89. The van der Waals surface area contributed by atoms with Gasteiger partial charge in [-0.1, -0.05) is 29.3 Å². The molecule has 2 rings (SSSR count). The third-order valence-electron chi connectivity index (χ3n) is 3.52. The molecule has 1 aromatic rings. The average Bonchev–Trinajstić information content (AvgIpc) is 2.28. The van der Waals surface area contributed by atoms with Crippen molar-refractivity contribution in [3.63, 3.8) is 0 Å². The molecule has 16 heavy (non-hydrogen) atoms. The van der Waals surface area contributed by atoms with E-state index in [1.165, 1.54) is 29.5 Å². The summed E-state index contributed by atoms with van der Waals surface area (Å²) in [6.07, 6.45) is 2.41. The van der Waals surface area contributed by atoms with E-state index in [4.69, 9.17) is 5.73 Å². The van der Waals surface area contributed by atoms with Crippen LogP contribution in [0, 0.1) is 19.8 Å². The summed E-state index contributed by atoms with van der Waals surface area (Å²) < 4.78 is 0. The van der Waals surface area contributed by atoms with Crippen LogP contribution < -0.4 is 11.1 Å². The molecule has 0 spiro atoms. The van der Waals surface area contributed by atoms with E-state index in [9.17, 15) is 0 Å². The molecule has 1 heterocycles. The summed E-state index contributed by atoms with van der Waals surface area (Å²) in [5, 5.41) is 3.39. The first-order valence-corrected chi connectivity index (χ1v) is 6.21. The second-order valence-electron chi connectivity index (χ2n) is 5.03. The van der Waals surface area contributed by atoms with Crippen molar-refractivity contribution < 1.29 is 0 Å². The van der Waals surface area contributed by atoms with Crippen LogP contribution in [-0.2, 0) is 0 Å². The van der Waals surface area contributed by atoms with Crippen LogP contribution >= 0.6 is 0 Å². The molecule has 1 fully saturated rings. The van der Waals surface area contributed by atoms with Crippen molar-refractivity contribution in [1.82, 2.24) is 5.32 Å². The fourth-order valence-corrected chi connectivity index (χ4v) is 2.68. The monoisotopic (exact) mass is 218 g/mol. The van der Waals surface area contributed by atoms with Crippen LogP contribution in [0.15, 0.2) is 18.2 Å². The number of hydrogen-bond acceptors (Lipinski definition) is 2. The van der Waals surface area contributed by atoms with Gasteiger partial charge in [0.1, 0.15) is 0 Å². The van der Waals surface area contributed by atoms with Gasteiger partial charge in [-0.05, 0) is 51.3 Å². The second-order valence-corrected chi connectivity index (χ2v) is 5.03. The third-order valence-corrected chi connectivity index (χ3v) is 3.52. The van der Waals surface area contributed by atoms with E-state index in [2.05, 4.69) is 37.4 Å². The molecule has 1 saturated heterocycles. The first-order valence-electron chi connectivity index (χ1n) is 6.21. The highest BCUT2D eigenvalue weighted by Gasteiger charge is 2.21. The lowest BCUT2D eigenvalue weighted by Crippen LogP contribution is -2.33. The van der Waals surface area contributed by atoms with Gasteiger partial charge in [0.15, 0.2) is 0 Å². The minimum absolute atomic E-state index is 0.209. The molecular formula is C14H22N2. The maximum atomic E-state index is 6.38. The van der Waals surface area contributed by atoms with E-state index < -0.39 is 0 Å². The Morgan fingerprint density at radius 1 is 1.12 bits per heavy atom. The van der Waals surface area contributed by atoms with Crippen molar-refractivity contribution in [2.24, 2.45) is 11.7 Å². The summed E-state index contributed by atoms with van der Waals surface area (Å²) in [5.41, 5.74) is 10.3. The van der Waals surface area contributed by atoms with Crippen LogP contribution in [0.5, 0.6) is 0 Å². The predicted molar refractivity (Wildman–Crippen MR) is 68.4 cm³/mol. The van der Waals surface area contributed by atoms with Crippen LogP contribution in [0.1, 0.15) is 35.6 Å². The number of aryl methyl sites for hydroxylation is 2. The molecular weight excluding hydrogens is 196 g/mol. The minimum atomic E-state index is 0.209. The van der Waals surface area contributed by atoms with Gasteiger partial charge in [0, 0.05) is 6.04 Å². The zero-order chi connectivity index (χ0) is 11.5. The van der Waals surface area contributed by atoms with Crippen LogP contribution in [0.2, 0.25) is 0 Å². The lowest BCUT2D eigenvalue weighted by molar-refractivity contribution is 0.322. The second kappa shape index (κ2) is 4.98. The summed E-state index contributed by atoms with van der Waals surface area (Å²) in [6.45, 7) is 6.52. The van der Waals surface area contributed by atoms with Gasteiger partial charge < -0.3 is 11.1 Å². The molecule has 3 N–H and O–H groups in total. The molecule has 2 nitrogen and oxygen atoms in total. The van der Waals surface area contributed by atoms with Gasteiger partial charge in [-0.25, -0.2) is 0 Å². The minimum Gasteiger partial charge on any atom is -0.324 e. The summed E-state index contributed by atoms with van der Waals surface area (Å²) in [7, 11) is 0. The molecule has 0 bridgehead atoms. The van der Waals surface area contributed by atoms with E-state index in [-0.39, 0.29) is 6.04 Å². The molecule has 0 aromatic heterocycles. The summed E-state index contributed by atoms with van der Waals surface area (Å²) in [4.78, 5) is 0. The highest BCUT2D eigenvalue weighted by molar-refractivity contribution is 5.30. The van der Waals surface area contributed by atoms with E-state index in [0.717, 1.165) is 13.1 Å². The molecule has 0 unspecified atom stereocenters. The Labute approximate surface area is 98.2 Å². The van der Waals surface area contributed by atoms with Crippen LogP contribution in [-0.4, -0.2) is 13.1 Å². The van der Waals surface area contributed by atoms with Gasteiger partial charge in [-0.15, -0.1) is 0 Å². The quantitative estimate of drug-likeness (QED) is 0.799. The van der Waals surface area contributed by atoms with Crippen molar-refractivity contribution in [1.29, 1.82) is 0 Å². The lowest BCUT2D eigenvalue weighted by atomic mass is 9.85. The Balaban J connectivity index is 2.15. The molecule has 0 radical (unpaired) electrons.